The van der Waals surface area contributed by atoms with Crippen molar-refractivity contribution in [3.63, 3.8) is 0 Å². The van der Waals surface area contributed by atoms with E-state index in [0.717, 1.165) is 81.3 Å². The Morgan fingerprint density at radius 3 is 2.43 bits per heavy atom. The number of piperazine rings is 1. The third-order valence-electron chi connectivity index (χ3n) is 8.66. The van der Waals surface area contributed by atoms with Crippen molar-refractivity contribution in [1.82, 2.24) is 24.3 Å². The number of nitrogens with one attached hydrogen (secondary N) is 1. The Morgan fingerprint density at radius 2 is 1.73 bits per heavy atom. The molecule has 0 bridgehead atoms. The van der Waals surface area contributed by atoms with Crippen molar-refractivity contribution in [1.29, 1.82) is 0 Å². The summed E-state index contributed by atoms with van der Waals surface area (Å²) in [7, 11) is 2.20. The van der Waals surface area contributed by atoms with Gasteiger partial charge in [0.25, 0.3) is 0 Å². The molecule has 3 aliphatic rings. The molecule has 0 radical (unpaired) electrons. The van der Waals surface area contributed by atoms with Gasteiger partial charge in [-0.1, -0.05) is 37.1 Å². The minimum absolute atomic E-state index is 0.166. The van der Waals surface area contributed by atoms with E-state index >= 15 is 0 Å². The molecule has 3 fully saturated rings. The van der Waals surface area contributed by atoms with E-state index in [0.29, 0.717) is 12.1 Å². The molecule has 2 saturated carbocycles. The Kier molecular flexibility index (Phi) is 7.19. The van der Waals surface area contributed by atoms with Crippen LogP contribution in [0, 0.1) is 5.92 Å². The highest BCUT2D eigenvalue weighted by atomic mass is 16.3. The summed E-state index contributed by atoms with van der Waals surface area (Å²) in [6.07, 6.45) is 11.7. The van der Waals surface area contributed by atoms with Crippen LogP contribution in [-0.4, -0.2) is 74.8 Å². The SMILES string of the molecule is C[C@@H](CC1CC1)Nc1ncc2c(-c3ccc(CN4CCN(C)CC4)cc3)cn([C@H]3CC[C@H](O)CC3)c2n1. The molecule has 1 atom stereocenters. The first-order valence-electron chi connectivity index (χ1n) is 14.3. The second-order valence-electron chi connectivity index (χ2n) is 11.8. The van der Waals surface area contributed by atoms with Gasteiger partial charge in [-0.2, -0.15) is 4.98 Å². The Balaban J connectivity index is 1.27. The molecular formula is C30H42N6O. The number of hydrogen-bond acceptors (Lipinski definition) is 6. The zero-order valence-electron chi connectivity index (χ0n) is 22.4. The number of rotatable bonds is 8. The summed E-state index contributed by atoms with van der Waals surface area (Å²) in [5.74, 6) is 1.60. The Bertz CT molecular complexity index is 1190. The van der Waals surface area contributed by atoms with Crippen molar-refractivity contribution in [2.45, 2.75) is 76.6 Å². The molecule has 1 saturated heterocycles. The lowest BCUT2D eigenvalue weighted by atomic mass is 9.93. The van der Waals surface area contributed by atoms with E-state index < -0.39 is 0 Å². The van der Waals surface area contributed by atoms with Crippen LogP contribution in [0.4, 0.5) is 5.95 Å². The largest absolute Gasteiger partial charge is 0.393 e. The van der Waals surface area contributed by atoms with Gasteiger partial charge in [-0.25, -0.2) is 4.98 Å². The van der Waals surface area contributed by atoms with Crippen LogP contribution in [0.25, 0.3) is 22.2 Å². The number of aromatic nitrogens is 3. The minimum atomic E-state index is -0.166. The fourth-order valence-corrected chi connectivity index (χ4v) is 6.13. The average Bonchev–Trinajstić information content (AvgIpc) is 3.64. The van der Waals surface area contributed by atoms with Gasteiger partial charge in [-0.3, -0.25) is 4.90 Å². The van der Waals surface area contributed by atoms with Crippen molar-refractivity contribution < 1.29 is 5.11 Å². The number of aliphatic hydroxyl groups excluding tert-OH is 1. The maximum Gasteiger partial charge on any atom is 0.224 e. The van der Waals surface area contributed by atoms with E-state index in [1.807, 2.05) is 6.20 Å². The van der Waals surface area contributed by atoms with Crippen LogP contribution in [0.3, 0.4) is 0 Å². The van der Waals surface area contributed by atoms with Crippen molar-refractivity contribution in [3.05, 3.63) is 42.2 Å². The molecule has 1 aromatic carbocycles. The smallest absolute Gasteiger partial charge is 0.224 e. The second kappa shape index (κ2) is 10.7. The van der Waals surface area contributed by atoms with Crippen LogP contribution in [0.15, 0.2) is 36.7 Å². The van der Waals surface area contributed by atoms with Gasteiger partial charge >= 0.3 is 0 Å². The maximum atomic E-state index is 10.1. The fraction of sp³-hybridized carbons (Fsp3) is 0.600. The molecule has 2 aliphatic carbocycles. The third kappa shape index (κ3) is 5.84. The average molecular weight is 503 g/mol. The number of anilines is 1. The van der Waals surface area contributed by atoms with Crippen LogP contribution < -0.4 is 5.32 Å². The predicted octanol–water partition coefficient (Wildman–Crippen LogP) is 4.92. The molecule has 1 aliphatic heterocycles. The zero-order valence-corrected chi connectivity index (χ0v) is 22.4. The zero-order chi connectivity index (χ0) is 25.4. The van der Waals surface area contributed by atoms with Crippen LogP contribution in [-0.2, 0) is 6.54 Å². The fourth-order valence-electron chi connectivity index (χ4n) is 6.13. The van der Waals surface area contributed by atoms with Gasteiger partial charge in [0.05, 0.1) is 6.10 Å². The van der Waals surface area contributed by atoms with E-state index in [1.54, 1.807) is 0 Å². The number of likely N-dealkylation sites (N-methyl/N-ethyl adjacent to an activating group) is 1. The maximum absolute atomic E-state index is 10.1. The summed E-state index contributed by atoms with van der Waals surface area (Å²) in [4.78, 5) is 14.7. The minimum Gasteiger partial charge on any atom is -0.393 e. The van der Waals surface area contributed by atoms with E-state index in [-0.39, 0.29) is 6.10 Å². The van der Waals surface area contributed by atoms with E-state index in [9.17, 15) is 5.11 Å². The van der Waals surface area contributed by atoms with Crippen molar-refractivity contribution >= 4 is 17.0 Å². The number of hydrogen-bond donors (Lipinski definition) is 2. The highest BCUT2D eigenvalue weighted by Gasteiger charge is 2.26. The summed E-state index contributed by atoms with van der Waals surface area (Å²) in [6.45, 7) is 7.81. The van der Waals surface area contributed by atoms with E-state index in [4.69, 9.17) is 9.97 Å². The lowest BCUT2D eigenvalue weighted by Gasteiger charge is -2.32. The molecule has 0 spiro atoms. The summed E-state index contributed by atoms with van der Waals surface area (Å²) >= 11 is 0. The first kappa shape index (κ1) is 24.8. The van der Waals surface area contributed by atoms with Gasteiger partial charge < -0.3 is 19.9 Å². The summed E-state index contributed by atoms with van der Waals surface area (Å²) in [5, 5.41) is 14.8. The van der Waals surface area contributed by atoms with Gasteiger partial charge in [-0.15, -0.1) is 0 Å². The Labute approximate surface area is 220 Å². The standard InChI is InChI=1S/C30H42N6O/c1-21(17-22-3-4-22)32-30-31-18-27-28(20-36(29(27)33-30)25-9-11-26(37)12-10-25)24-7-5-23(6-8-24)19-35-15-13-34(2)14-16-35/h5-8,18,20-22,25-26,37H,3-4,9-17,19H2,1-2H3,(H,31,32,33)/t21-,25-,26-/m0/s1. The van der Waals surface area contributed by atoms with Crippen LogP contribution >= 0.6 is 0 Å². The molecule has 6 rings (SSSR count). The molecule has 2 N–H and O–H groups in total. The Hall–Kier alpha value is -2.48. The highest BCUT2D eigenvalue weighted by molar-refractivity contribution is 5.94. The summed E-state index contributed by atoms with van der Waals surface area (Å²) in [6, 6.07) is 9.83. The number of benzene rings is 1. The monoisotopic (exact) mass is 502 g/mol. The van der Waals surface area contributed by atoms with Crippen LogP contribution in [0.1, 0.15) is 63.5 Å². The van der Waals surface area contributed by atoms with Crippen molar-refractivity contribution in [2.24, 2.45) is 5.92 Å². The van der Waals surface area contributed by atoms with Gasteiger partial charge in [-0.05, 0) is 63.1 Å². The normalized spacial score (nSPS) is 24.4. The number of fused-ring (bicyclic) bond motifs is 1. The van der Waals surface area contributed by atoms with Crippen molar-refractivity contribution in [2.75, 3.05) is 38.5 Å². The molecule has 3 heterocycles. The molecule has 7 nitrogen and oxygen atoms in total. The molecule has 2 aromatic heterocycles. The van der Waals surface area contributed by atoms with Crippen LogP contribution in [0.2, 0.25) is 0 Å². The molecule has 0 unspecified atom stereocenters. The number of nitrogens with zero attached hydrogens (tertiary/aromatic N) is 5. The summed E-state index contributed by atoms with van der Waals surface area (Å²) < 4.78 is 2.37. The van der Waals surface area contributed by atoms with E-state index in [1.165, 1.54) is 36.0 Å². The van der Waals surface area contributed by atoms with Crippen LogP contribution in [0.5, 0.6) is 0 Å². The lowest BCUT2D eigenvalue weighted by molar-refractivity contribution is 0.111. The van der Waals surface area contributed by atoms with Gasteiger partial charge in [0.2, 0.25) is 5.95 Å². The van der Waals surface area contributed by atoms with E-state index in [2.05, 4.69) is 64.1 Å². The van der Waals surface area contributed by atoms with Crippen molar-refractivity contribution in [3.8, 4) is 11.1 Å². The molecular weight excluding hydrogens is 460 g/mol. The first-order chi connectivity index (χ1) is 18.0. The molecule has 3 aromatic rings. The van der Waals surface area contributed by atoms with Gasteiger partial charge in [0, 0.05) is 68.2 Å². The second-order valence-corrected chi connectivity index (χ2v) is 11.8. The third-order valence-corrected chi connectivity index (χ3v) is 8.66. The summed E-state index contributed by atoms with van der Waals surface area (Å²) in [5.41, 5.74) is 4.79. The quantitative estimate of drug-likeness (QED) is 0.456. The molecule has 198 valence electrons. The first-order valence-corrected chi connectivity index (χ1v) is 14.3. The highest BCUT2D eigenvalue weighted by Crippen LogP contribution is 2.37. The Morgan fingerprint density at radius 1 is 1.00 bits per heavy atom. The predicted molar refractivity (Wildman–Crippen MR) is 150 cm³/mol. The molecule has 0 amide bonds. The number of aliphatic hydroxyl groups is 1. The van der Waals surface area contributed by atoms with Gasteiger partial charge in [0.15, 0.2) is 0 Å². The topological polar surface area (TPSA) is 69.5 Å². The lowest BCUT2D eigenvalue weighted by Crippen LogP contribution is -2.43. The molecule has 7 heteroatoms. The molecule has 37 heavy (non-hydrogen) atoms. The van der Waals surface area contributed by atoms with Gasteiger partial charge in [0.1, 0.15) is 5.65 Å².